The fourth-order valence-corrected chi connectivity index (χ4v) is 1.70. The Kier molecular flexibility index (Phi) is 3.38. The van der Waals surface area contributed by atoms with Gasteiger partial charge in [-0.15, -0.1) is 0 Å². The fourth-order valence-electron chi connectivity index (χ4n) is 1.70. The quantitative estimate of drug-likeness (QED) is 0.603. The molecule has 5 heteroatoms. The van der Waals surface area contributed by atoms with Gasteiger partial charge >= 0.3 is 5.97 Å². The molecule has 0 amide bonds. The molecular formula is C10H19NO4. The Morgan fingerprint density at radius 2 is 1.93 bits per heavy atom. The normalized spacial score (nSPS) is 25.9. The van der Waals surface area contributed by atoms with E-state index in [1.807, 2.05) is 4.90 Å². The van der Waals surface area contributed by atoms with Crippen LogP contribution >= 0.6 is 0 Å². The summed E-state index contributed by atoms with van der Waals surface area (Å²) in [6, 6.07) is 0. The molecule has 1 aliphatic rings. The van der Waals surface area contributed by atoms with Gasteiger partial charge in [0.25, 0.3) is 0 Å². The van der Waals surface area contributed by atoms with Crippen molar-refractivity contribution in [2.24, 2.45) is 0 Å². The Labute approximate surface area is 89.3 Å². The van der Waals surface area contributed by atoms with Crippen molar-refractivity contribution in [2.75, 3.05) is 19.6 Å². The average molecular weight is 217 g/mol. The molecular weight excluding hydrogens is 198 g/mol. The maximum atomic E-state index is 10.7. The van der Waals surface area contributed by atoms with E-state index in [-0.39, 0.29) is 6.54 Å². The minimum Gasteiger partial charge on any atom is -0.479 e. The maximum Gasteiger partial charge on any atom is 0.336 e. The van der Waals surface area contributed by atoms with Crippen molar-refractivity contribution in [3.05, 3.63) is 0 Å². The van der Waals surface area contributed by atoms with Crippen molar-refractivity contribution in [3.63, 3.8) is 0 Å². The lowest BCUT2D eigenvalue weighted by Gasteiger charge is -2.37. The predicted molar refractivity (Wildman–Crippen MR) is 54.6 cm³/mol. The lowest BCUT2D eigenvalue weighted by atomic mass is 9.93. The number of carbonyl (C=O) groups is 1. The van der Waals surface area contributed by atoms with E-state index in [1.54, 1.807) is 6.92 Å². The minimum atomic E-state index is -1.71. The van der Waals surface area contributed by atoms with Crippen LogP contribution in [-0.4, -0.2) is 57.0 Å². The lowest BCUT2D eigenvalue weighted by molar-refractivity contribution is -0.159. The van der Waals surface area contributed by atoms with E-state index < -0.39 is 17.2 Å². The summed E-state index contributed by atoms with van der Waals surface area (Å²) in [6.07, 6.45) is 1.23. The molecule has 0 aromatic heterocycles. The number of rotatable bonds is 3. The summed E-state index contributed by atoms with van der Waals surface area (Å²) in [5.41, 5.74) is -2.35. The summed E-state index contributed by atoms with van der Waals surface area (Å²) < 4.78 is 0. The highest BCUT2D eigenvalue weighted by atomic mass is 16.4. The Morgan fingerprint density at radius 1 is 1.47 bits per heavy atom. The van der Waals surface area contributed by atoms with Crippen LogP contribution in [0.25, 0.3) is 0 Å². The molecule has 0 aliphatic carbocycles. The molecule has 15 heavy (non-hydrogen) atoms. The van der Waals surface area contributed by atoms with Crippen LogP contribution in [0.2, 0.25) is 0 Å². The smallest absolute Gasteiger partial charge is 0.336 e. The minimum absolute atomic E-state index is 0.110. The van der Waals surface area contributed by atoms with Gasteiger partial charge in [0.15, 0.2) is 5.60 Å². The number of β-amino-alcohol motifs (C(OH)–C–C–N with tert-alkyl or cyclic N) is 1. The first kappa shape index (κ1) is 12.4. The Hall–Kier alpha value is -0.650. The third-order valence-electron chi connectivity index (χ3n) is 2.93. The van der Waals surface area contributed by atoms with E-state index in [0.29, 0.717) is 25.9 Å². The maximum absolute atomic E-state index is 10.7. The second-order valence-electron chi connectivity index (χ2n) is 4.85. The zero-order valence-corrected chi connectivity index (χ0v) is 9.23. The number of aliphatic carboxylic acids is 1. The first-order valence-corrected chi connectivity index (χ1v) is 5.13. The van der Waals surface area contributed by atoms with Gasteiger partial charge in [-0.05, 0) is 26.7 Å². The molecule has 1 atom stereocenters. The Bertz CT molecular complexity index is 240. The zero-order chi connectivity index (χ0) is 11.7. The van der Waals surface area contributed by atoms with Crippen LogP contribution in [0.5, 0.6) is 0 Å². The lowest BCUT2D eigenvalue weighted by Crippen LogP contribution is -2.51. The van der Waals surface area contributed by atoms with Gasteiger partial charge in [0.1, 0.15) is 0 Å². The molecule has 1 saturated heterocycles. The number of carboxylic acids is 1. The van der Waals surface area contributed by atoms with Crippen LogP contribution in [0.1, 0.15) is 26.7 Å². The molecule has 0 spiro atoms. The number of carboxylic acid groups (broad SMARTS) is 1. The molecule has 0 aromatic rings. The van der Waals surface area contributed by atoms with E-state index in [2.05, 4.69) is 0 Å². The highest BCUT2D eigenvalue weighted by Gasteiger charge is 2.35. The summed E-state index contributed by atoms with van der Waals surface area (Å²) >= 11 is 0. The third kappa shape index (κ3) is 3.44. The predicted octanol–water partition coefficient (Wildman–Crippen LogP) is -0.331. The van der Waals surface area contributed by atoms with Crippen molar-refractivity contribution < 1.29 is 20.1 Å². The molecule has 88 valence electrons. The first-order valence-electron chi connectivity index (χ1n) is 5.13. The molecule has 0 aromatic carbocycles. The van der Waals surface area contributed by atoms with E-state index in [4.69, 9.17) is 5.11 Å². The van der Waals surface area contributed by atoms with Gasteiger partial charge in [-0.3, -0.25) is 4.90 Å². The molecule has 0 radical (unpaired) electrons. The third-order valence-corrected chi connectivity index (χ3v) is 2.93. The second-order valence-corrected chi connectivity index (χ2v) is 4.85. The molecule has 1 fully saturated rings. The second kappa shape index (κ2) is 4.08. The SMILES string of the molecule is CC1(O)CCN(CC(C)(O)C(=O)O)CC1. The molecule has 3 N–H and O–H groups in total. The average Bonchev–Trinajstić information content (AvgIpc) is 2.08. The van der Waals surface area contributed by atoms with Gasteiger partial charge in [0.2, 0.25) is 0 Å². The fraction of sp³-hybridized carbons (Fsp3) is 0.900. The molecule has 1 heterocycles. The summed E-state index contributed by atoms with van der Waals surface area (Å²) in [5.74, 6) is -1.21. The molecule has 1 rings (SSSR count). The number of nitrogens with zero attached hydrogens (tertiary/aromatic N) is 1. The topological polar surface area (TPSA) is 81.0 Å². The van der Waals surface area contributed by atoms with Gasteiger partial charge in [0, 0.05) is 19.6 Å². The molecule has 5 nitrogen and oxygen atoms in total. The molecule has 1 unspecified atom stereocenters. The number of hydrogen-bond donors (Lipinski definition) is 3. The van der Waals surface area contributed by atoms with Crippen molar-refractivity contribution in [3.8, 4) is 0 Å². The van der Waals surface area contributed by atoms with E-state index in [1.165, 1.54) is 6.92 Å². The van der Waals surface area contributed by atoms with Crippen LogP contribution in [0.4, 0.5) is 0 Å². The summed E-state index contributed by atoms with van der Waals surface area (Å²) in [6.45, 7) is 4.42. The van der Waals surface area contributed by atoms with Crippen LogP contribution in [0.3, 0.4) is 0 Å². The van der Waals surface area contributed by atoms with Gasteiger partial charge in [0.05, 0.1) is 5.60 Å². The van der Waals surface area contributed by atoms with Crippen molar-refractivity contribution in [2.45, 2.75) is 37.9 Å². The monoisotopic (exact) mass is 217 g/mol. The number of likely N-dealkylation sites (tertiary alicyclic amines) is 1. The van der Waals surface area contributed by atoms with Crippen molar-refractivity contribution >= 4 is 5.97 Å². The highest BCUT2D eigenvalue weighted by Crippen LogP contribution is 2.22. The Morgan fingerprint density at radius 3 is 2.33 bits per heavy atom. The summed E-state index contributed by atoms with van der Waals surface area (Å²) in [7, 11) is 0. The Balaban J connectivity index is 2.46. The van der Waals surface area contributed by atoms with Gasteiger partial charge in [-0.1, -0.05) is 0 Å². The molecule has 0 bridgehead atoms. The largest absolute Gasteiger partial charge is 0.479 e. The van der Waals surface area contributed by atoms with Gasteiger partial charge < -0.3 is 15.3 Å². The number of piperidine rings is 1. The van der Waals surface area contributed by atoms with Crippen LogP contribution in [0.15, 0.2) is 0 Å². The summed E-state index contributed by atoms with van der Waals surface area (Å²) in [5, 5.41) is 28.0. The molecule has 1 aliphatic heterocycles. The van der Waals surface area contributed by atoms with Crippen LogP contribution < -0.4 is 0 Å². The van der Waals surface area contributed by atoms with E-state index in [9.17, 15) is 15.0 Å². The zero-order valence-electron chi connectivity index (χ0n) is 9.23. The standard InChI is InChI=1S/C10H19NO4/c1-9(14)3-5-11(6-4-9)7-10(2,15)8(12)13/h14-15H,3-7H2,1-2H3,(H,12,13). The highest BCUT2D eigenvalue weighted by molar-refractivity contribution is 5.76. The van der Waals surface area contributed by atoms with Gasteiger partial charge in [-0.25, -0.2) is 4.79 Å². The van der Waals surface area contributed by atoms with Crippen LogP contribution in [0, 0.1) is 0 Å². The van der Waals surface area contributed by atoms with E-state index >= 15 is 0 Å². The van der Waals surface area contributed by atoms with Gasteiger partial charge in [-0.2, -0.15) is 0 Å². The summed E-state index contributed by atoms with van der Waals surface area (Å²) in [4.78, 5) is 12.6. The first-order chi connectivity index (χ1) is 6.73. The van der Waals surface area contributed by atoms with Crippen molar-refractivity contribution in [1.29, 1.82) is 0 Å². The van der Waals surface area contributed by atoms with Crippen molar-refractivity contribution in [1.82, 2.24) is 4.90 Å². The molecule has 0 saturated carbocycles. The van der Waals surface area contributed by atoms with Crippen LogP contribution in [-0.2, 0) is 4.79 Å². The van der Waals surface area contributed by atoms with E-state index in [0.717, 1.165) is 0 Å². The number of aliphatic hydroxyl groups is 2. The number of hydrogen-bond acceptors (Lipinski definition) is 4.